The summed E-state index contributed by atoms with van der Waals surface area (Å²) in [5.41, 5.74) is 3.33. The van der Waals surface area contributed by atoms with Gasteiger partial charge in [0.15, 0.2) is 5.65 Å². The Hall–Kier alpha value is -3.22. The number of rotatable bonds is 4. The Labute approximate surface area is 151 Å². The number of pyridine rings is 1. The fourth-order valence-corrected chi connectivity index (χ4v) is 2.95. The minimum Gasteiger partial charge on any atom is -0.332 e. The number of aryl methyl sites for hydroxylation is 3. The van der Waals surface area contributed by atoms with Gasteiger partial charge >= 0.3 is 0 Å². The van der Waals surface area contributed by atoms with Gasteiger partial charge in [0.05, 0.1) is 23.2 Å². The second kappa shape index (κ2) is 6.95. The summed E-state index contributed by atoms with van der Waals surface area (Å²) in [5, 5.41) is 7.86. The molecule has 26 heavy (non-hydrogen) atoms. The predicted molar refractivity (Wildman–Crippen MR) is 100 cm³/mol. The number of hydrogen-bond donors (Lipinski definition) is 1. The first-order valence-electron chi connectivity index (χ1n) is 8.28. The van der Waals surface area contributed by atoms with Gasteiger partial charge in [-0.3, -0.25) is 14.3 Å². The molecule has 0 radical (unpaired) electrons. The summed E-state index contributed by atoms with van der Waals surface area (Å²) in [7, 11) is 3.41. The molecule has 3 aromatic rings. The SMILES string of the molecule is Cc1cc(C(=O)N(C)CC(=O)Nc2ccccc2)c2c(C)nn(C)c2n1. The molecular formula is C19H21N5O2. The maximum atomic E-state index is 12.9. The highest BCUT2D eigenvalue weighted by Gasteiger charge is 2.21. The van der Waals surface area contributed by atoms with Gasteiger partial charge in [0.2, 0.25) is 5.91 Å². The zero-order valence-corrected chi connectivity index (χ0v) is 15.3. The summed E-state index contributed by atoms with van der Waals surface area (Å²) in [4.78, 5) is 31.0. The van der Waals surface area contributed by atoms with Crippen molar-refractivity contribution in [3.63, 3.8) is 0 Å². The summed E-state index contributed by atoms with van der Waals surface area (Å²) >= 11 is 0. The molecule has 7 heteroatoms. The first-order chi connectivity index (χ1) is 12.4. The molecule has 1 N–H and O–H groups in total. The van der Waals surface area contributed by atoms with Crippen LogP contribution in [-0.2, 0) is 11.8 Å². The zero-order valence-electron chi connectivity index (χ0n) is 15.3. The highest BCUT2D eigenvalue weighted by atomic mass is 16.2. The highest BCUT2D eigenvalue weighted by Crippen LogP contribution is 2.22. The molecule has 0 aliphatic heterocycles. The third-order valence-corrected chi connectivity index (χ3v) is 4.11. The molecule has 2 aromatic heterocycles. The van der Waals surface area contributed by atoms with Gasteiger partial charge in [-0.2, -0.15) is 5.10 Å². The minimum atomic E-state index is -0.253. The fraction of sp³-hybridized carbons (Fsp3) is 0.263. The van der Waals surface area contributed by atoms with Gasteiger partial charge in [-0.15, -0.1) is 0 Å². The number of likely N-dealkylation sites (N-methyl/N-ethyl adjacent to an activating group) is 1. The van der Waals surface area contributed by atoms with E-state index in [1.54, 1.807) is 37.0 Å². The third kappa shape index (κ3) is 3.42. The predicted octanol–water partition coefficient (Wildman–Crippen LogP) is 2.30. The van der Waals surface area contributed by atoms with Crippen LogP contribution in [0.25, 0.3) is 11.0 Å². The summed E-state index contributed by atoms with van der Waals surface area (Å²) in [5.74, 6) is -0.489. The molecule has 0 fully saturated rings. The average molecular weight is 351 g/mol. The number of amides is 2. The van der Waals surface area contributed by atoms with E-state index >= 15 is 0 Å². The number of fused-ring (bicyclic) bond motifs is 1. The maximum Gasteiger partial charge on any atom is 0.254 e. The van der Waals surface area contributed by atoms with Crippen molar-refractivity contribution in [2.75, 3.05) is 18.9 Å². The van der Waals surface area contributed by atoms with Crippen molar-refractivity contribution in [3.05, 3.63) is 53.3 Å². The normalized spacial score (nSPS) is 10.8. The quantitative estimate of drug-likeness (QED) is 0.782. The van der Waals surface area contributed by atoms with Crippen molar-refractivity contribution in [1.29, 1.82) is 0 Å². The number of carbonyl (C=O) groups is 2. The lowest BCUT2D eigenvalue weighted by Gasteiger charge is -2.18. The van der Waals surface area contributed by atoms with Crippen molar-refractivity contribution in [3.8, 4) is 0 Å². The van der Waals surface area contributed by atoms with Crippen LogP contribution >= 0.6 is 0 Å². The molecule has 3 rings (SSSR count). The van der Waals surface area contributed by atoms with Gasteiger partial charge in [0, 0.05) is 25.5 Å². The largest absolute Gasteiger partial charge is 0.332 e. The van der Waals surface area contributed by atoms with Crippen LogP contribution in [-0.4, -0.2) is 45.1 Å². The second-order valence-corrected chi connectivity index (χ2v) is 6.29. The summed E-state index contributed by atoms with van der Waals surface area (Å²) < 4.78 is 1.66. The van der Waals surface area contributed by atoms with E-state index in [2.05, 4.69) is 15.4 Å². The zero-order chi connectivity index (χ0) is 18.8. The molecule has 2 heterocycles. The van der Waals surface area contributed by atoms with Crippen LogP contribution in [0.3, 0.4) is 0 Å². The number of benzene rings is 1. The van der Waals surface area contributed by atoms with E-state index in [0.29, 0.717) is 16.9 Å². The van der Waals surface area contributed by atoms with Gasteiger partial charge < -0.3 is 10.2 Å². The van der Waals surface area contributed by atoms with Crippen LogP contribution < -0.4 is 5.32 Å². The van der Waals surface area contributed by atoms with Gasteiger partial charge in [-0.25, -0.2) is 4.98 Å². The molecule has 0 aliphatic carbocycles. The van der Waals surface area contributed by atoms with Gasteiger partial charge in [-0.1, -0.05) is 18.2 Å². The first-order valence-corrected chi connectivity index (χ1v) is 8.28. The number of anilines is 1. The van der Waals surface area contributed by atoms with Crippen molar-refractivity contribution in [1.82, 2.24) is 19.7 Å². The molecule has 0 saturated carbocycles. The summed E-state index contributed by atoms with van der Waals surface area (Å²) in [6, 6.07) is 10.9. The van der Waals surface area contributed by atoms with Gasteiger partial charge in [0.1, 0.15) is 0 Å². The number of para-hydroxylation sites is 1. The van der Waals surface area contributed by atoms with E-state index in [1.165, 1.54) is 4.90 Å². The minimum absolute atomic E-state index is 0.0457. The van der Waals surface area contributed by atoms with Crippen LogP contribution in [0.4, 0.5) is 5.69 Å². The first kappa shape index (κ1) is 17.6. The molecule has 0 saturated heterocycles. The van der Waals surface area contributed by atoms with E-state index in [-0.39, 0.29) is 18.4 Å². The number of nitrogens with zero attached hydrogens (tertiary/aromatic N) is 4. The van der Waals surface area contributed by atoms with Crippen LogP contribution in [0.1, 0.15) is 21.7 Å². The molecular weight excluding hydrogens is 330 g/mol. The Bertz CT molecular complexity index is 979. The Balaban J connectivity index is 1.83. The van der Waals surface area contributed by atoms with Crippen molar-refractivity contribution >= 4 is 28.5 Å². The van der Waals surface area contributed by atoms with Crippen LogP contribution in [0.5, 0.6) is 0 Å². The summed E-state index contributed by atoms with van der Waals surface area (Å²) in [6.45, 7) is 3.63. The Kier molecular flexibility index (Phi) is 4.71. The lowest BCUT2D eigenvalue weighted by atomic mass is 10.1. The Morgan fingerprint density at radius 2 is 1.88 bits per heavy atom. The van der Waals surface area contributed by atoms with Gasteiger partial charge in [0.25, 0.3) is 5.91 Å². The molecule has 2 amide bonds. The molecule has 0 aliphatic rings. The van der Waals surface area contributed by atoms with E-state index < -0.39 is 0 Å². The number of carbonyl (C=O) groups excluding carboxylic acids is 2. The lowest BCUT2D eigenvalue weighted by Crippen LogP contribution is -2.35. The van der Waals surface area contributed by atoms with Crippen molar-refractivity contribution in [2.45, 2.75) is 13.8 Å². The maximum absolute atomic E-state index is 12.9. The summed E-state index contributed by atoms with van der Waals surface area (Å²) in [6.07, 6.45) is 0. The molecule has 0 bridgehead atoms. The standard InChI is InChI=1S/C19H21N5O2/c1-12-10-15(17-13(2)22-24(4)18(17)20-12)19(26)23(3)11-16(25)21-14-8-6-5-7-9-14/h5-10H,11H2,1-4H3,(H,21,25). The topological polar surface area (TPSA) is 80.1 Å². The average Bonchev–Trinajstić information content (AvgIpc) is 2.88. The molecule has 1 aromatic carbocycles. The monoisotopic (exact) mass is 351 g/mol. The van der Waals surface area contributed by atoms with E-state index in [9.17, 15) is 9.59 Å². The van der Waals surface area contributed by atoms with E-state index in [0.717, 1.165) is 16.8 Å². The van der Waals surface area contributed by atoms with E-state index in [1.807, 2.05) is 32.0 Å². The van der Waals surface area contributed by atoms with Crippen LogP contribution in [0, 0.1) is 13.8 Å². The number of aromatic nitrogens is 3. The fourth-order valence-electron chi connectivity index (χ4n) is 2.95. The van der Waals surface area contributed by atoms with Crippen LogP contribution in [0.2, 0.25) is 0 Å². The van der Waals surface area contributed by atoms with Crippen molar-refractivity contribution in [2.24, 2.45) is 7.05 Å². The van der Waals surface area contributed by atoms with Gasteiger partial charge in [-0.05, 0) is 32.0 Å². The third-order valence-electron chi connectivity index (χ3n) is 4.11. The van der Waals surface area contributed by atoms with Crippen LogP contribution in [0.15, 0.2) is 36.4 Å². The highest BCUT2D eigenvalue weighted by molar-refractivity contribution is 6.07. The lowest BCUT2D eigenvalue weighted by molar-refractivity contribution is -0.116. The molecule has 7 nitrogen and oxygen atoms in total. The molecule has 0 spiro atoms. The Morgan fingerprint density at radius 3 is 2.58 bits per heavy atom. The smallest absolute Gasteiger partial charge is 0.254 e. The second-order valence-electron chi connectivity index (χ2n) is 6.29. The Morgan fingerprint density at radius 1 is 1.19 bits per heavy atom. The van der Waals surface area contributed by atoms with Crippen molar-refractivity contribution < 1.29 is 9.59 Å². The molecule has 134 valence electrons. The molecule has 0 atom stereocenters. The number of nitrogens with one attached hydrogen (secondary N) is 1. The van der Waals surface area contributed by atoms with E-state index in [4.69, 9.17) is 0 Å². The molecule has 0 unspecified atom stereocenters. The number of hydrogen-bond acceptors (Lipinski definition) is 4.